The number of amides is 1. The Balaban J connectivity index is 2.09. The van der Waals surface area contributed by atoms with Gasteiger partial charge in [0.05, 0.1) is 12.0 Å². The summed E-state index contributed by atoms with van der Waals surface area (Å²) in [5.41, 5.74) is 1.20. The van der Waals surface area contributed by atoms with E-state index in [4.69, 9.17) is 0 Å². The van der Waals surface area contributed by atoms with Crippen LogP contribution in [0.25, 0.3) is 0 Å². The van der Waals surface area contributed by atoms with E-state index in [9.17, 15) is 9.59 Å². The Morgan fingerprint density at radius 1 is 1.42 bits per heavy atom. The summed E-state index contributed by atoms with van der Waals surface area (Å²) in [5, 5.41) is 3.23. The minimum absolute atomic E-state index is 0.0643. The third-order valence-electron chi connectivity index (χ3n) is 2.66. The molecule has 0 fully saturated rings. The molecule has 0 atom stereocenters. The van der Waals surface area contributed by atoms with E-state index >= 15 is 0 Å². The average Bonchev–Trinajstić information content (AvgIpc) is 2.64. The first-order chi connectivity index (χ1) is 8.97. The van der Waals surface area contributed by atoms with Gasteiger partial charge in [-0.2, -0.15) is 0 Å². The monoisotopic (exact) mass is 278 g/mol. The normalized spacial score (nSPS) is 10.5. The second-order valence-electron chi connectivity index (χ2n) is 4.22. The van der Waals surface area contributed by atoms with Crippen LogP contribution in [-0.4, -0.2) is 20.4 Å². The van der Waals surface area contributed by atoms with Gasteiger partial charge in [-0.25, -0.2) is 9.97 Å². The van der Waals surface area contributed by atoms with Crippen molar-refractivity contribution < 1.29 is 4.79 Å². The molecule has 0 aliphatic rings. The van der Waals surface area contributed by atoms with Crippen LogP contribution in [0.2, 0.25) is 0 Å². The average molecular weight is 278 g/mol. The van der Waals surface area contributed by atoms with Gasteiger partial charge in [0.15, 0.2) is 5.13 Å². The third kappa shape index (κ3) is 3.05. The highest BCUT2D eigenvalue weighted by molar-refractivity contribution is 7.15. The van der Waals surface area contributed by atoms with Crippen LogP contribution in [0.5, 0.6) is 0 Å². The number of hydrogen-bond donors (Lipinski definition) is 1. The number of carbonyl (C=O) groups is 1. The van der Waals surface area contributed by atoms with Crippen molar-refractivity contribution in [1.82, 2.24) is 14.5 Å². The quantitative estimate of drug-likeness (QED) is 0.917. The molecule has 0 aromatic carbocycles. The molecule has 0 saturated carbocycles. The van der Waals surface area contributed by atoms with Crippen molar-refractivity contribution in [3.05, 3.63) is 39.0 Å². The zero-order chi connectivity index (χ0) is 14.0. The van der Waals surface area contributed by atoms with Gasteiger partial charge in [-0.05, 0) is 20.8 Å². The van der Waals surface area contributed by atoms with Crippen LogP contribution >= 0.6 is 11.3 Å². The highest BCUT2D eigenvalue weighted by Gasteiger charge is 2.09. The van der Waals surface area contributed by atoms with Crippen molar-refractivity contribution >= 4 is 22.4 Å². The number of nitrogens with one attached hydrogen (secondary N) is 1. The van der Waals surface area contributed by atoms with E-state index < -0.39 is 0 Å². The first-order valence-corrected chi connectivity index (χ1v) is 6.54. The molecule has 1 N–H and O–H groups in total. The van der Waals surface area contributed by atoms with Gasteiger partial charge in [-0.1, -0.05) is 0 Å². The Morgan fingerprint density at radius 3 is 2.79 bits per heavy atom. The molecule has 100 valence electrons. The number of carbonyl (C=O) groups excluding carboxylic acids is 1. The first kappa shape index (κ1) is 13.4. The lowest BCUT2D eigenvalue weighted by Gasteiger charge is -2.05. The topological polar surface area (TPSA) is 76.9 Å². The van der Waals surface area contributed by atoms with Crippen molar-refractivity contribution in [3.63, 3.8) is 0 Å². The molecule has 2 heterocycles. The predicted molar refractivity (Wildman–Crippen MR) is 73.5 cm³/mol. The van der Waals surface area contributed by atoms with Crippen molar-refractivity contribution in [2.45, 2.75) is 27.3 Å². The van der Waals surface area contributed by atoms with E-state index in [1.807, 2.05) is 13.8 Å². The van der Waals surface area contributed by atoms with Crippen molar-refractivity contribution in [2.24, 2.45) is 0 Å². The van der Waals surface area contributed by atoms with E-state index in [-0.39, 0.29) is 18.0 Å². The number of aromatic nitrogens is 3. The van der Waals surface area contributed by atoms with Crippen LogP contribution in [0.1, 0.15) is 16.1 Å². The maximum atomic E-state index is 11.8. The fourth-order valence-corrected chi connectivity index (χ4v) is 2.34. The van der Waals surface area contributed by atoms with Gasteiger partial charge in [0.25, 0.3) is 5.56 Å². The Kier molecular flexibility index (Phi) is 3.75. The highest BCUT2D eigenvalue weighted by Crippen LogP contribution is 2.20. The Labute approximate surface area is 114 Å². The second kappa shape index (κ2) is 5.31. The minimum atomic E-state index is -0.289. The largest absolute Gasteiger partial charge is 0.300 e. The SMILES string of the molecule is Cc1nc(NC(=O)Cn2cncc(C)c2=O)sc1C. The molecule has 6 nitrogen and oxygen atoms in total. The first-order valence-electron chi connectivity index (χ1n) is 5.72. The molecular weight excluding hydrogens is 264 g/mol. The van der Waals surface area contributed by atoms with E-state index in [1.165, 1.54) is 28.4 Å². The van der Waals surface area contributed by atoms with E-state index in [1.54, 1.807) is 6.92 Å². The molecular formula is C12H14N4O2S. The van der Waals surface area contributed by atoms with Crippen molar-refractivity contribution in [2.75, 3.05) is 5.32 Å². The van der Waals surface area contributed by atoms with Gasteiger partial charge in [-0.15, -0.1) is 11.3 Å². The fourth-order valence-electron chi connectivity index (χ4n) is 1.51. The Bertz CT molecular complexity index is 655. The molecule has 0 unspecified atom stereocenters. The fraction of sp³-hybridized carbons (Fsp3) is 0.333. The molecule has 1 amide bonds. The summed E-state index contributed by atoms with van der Waals surface area (Å²) < 4.78 is 1.28. The lowest BCUT2D eigenvalue weighted by Crippen LogP contribution is -2.28. The molecule has 2 aromatic rings. The Hall–Kier alpha value is -2.02. The number of thiazole rings is 1. The van der Waals surface area contributed by atoms with E-state index in [0.717, 1.165) is 10.6 Å². The zero-order valence-corrected chi connectivity index (χ0v) is 11.7. The summed E-state index contributed by atoms with van der Waals surface area (Å²) in [6, 6.07) is 0. The molecule has 2 rings (SSSR count). The van der Waals surface area contributed by atoms with Crippen LogP contribution in [0.15, 0.2) is 17.3 Å². The van der Waals surface area contributed by atoms with Gasteiger partial charge in [-0.3, -0.25) is 14.2 Å². The lowest BCUT2D eigenvalue weighted by molar-refractivity contribution is -0.116. The number of rotatable bonds is 3. The van der Waals surface area contributed by atoms with Crippen LogP contribution in [0.4, 0.5) is 5.13 Å². The zero-order valence-electron chi connectivity index (χ0n) is 10.9. The summed E-state index contributed by atoms with van der Waals surface area (Å²) in [6.07, 6.45) is 2.83. The molecule has 19 heavy (non-hydrogen) atoms. The molecule has 0 spiro atoms. The van der Waals surface area contributed by atoms with Crippen molar-refractivity contribution in [3.8, 4) is 0 Å². The van der Waals surface area contributed by atoms with Gasteiger partial charge >= 0.3 is 0 Å². The van der Waals surface area contributed by atoms with Gasteiger partial charge in [0.2, 0.25) is 5.91 Å². The number of aryl methyl sites for hydroxylation is 3. The lowest BCUT2D eigenvalue weighted by atomic mass is 10.4. The predicted octanol–water partition coefficient (Wildman–Crippen LogP) is 1.26. The summed E-state index contributed by atoms with van der Waals surface area (Å²) in [7, 11) is 0. The smallest absolute Gasteiger partial charge is 0.256 e. The molecule has 7 heteroatoms. The van der Waals surface area contributed by atoms with E-state index in [0.29, 0.717) is 10.7 Å². The van der Waals surface area contributed by atoms with Gasteiger partial charge in [0.1, 0.15) is 6.54 Å². The third-order valence-corrected chi connectivity index (χ3v) is 3.65. The maximum Gasteiger partial charge on any atom is 0.256 e. The number of nitrogens with zero attached hydrogens (tertiary/aromatic N) is 3. The minimum Gasteiger partial charge on any atom is -0.300 e. The van der Waals surface area contributed by atoms with Gasteiger partial charge < -0.3 is 5.32 Å². The van der Waals surface area contributed by atoms with Crippen molar-refractivity contribution in [1.29, 1.82) is 0 Å². The summed E-state index contributed by atoms with van der Waals surface area (Å²) >= 11 is 1.41. The number of anilines is 1. The summed E-state index contributed by atoms with van der Waals surface area (Å²) in [6.45, 7) is 5.43. The van der Waals surface area contributed by atoms with Crippen LogP contribution in [0, 0.1) is 20.8 Å². The molecule has 2 aromatic heterocycles. The number of hydrogen-bond acceptors (Lipinski definition) is 5. The highest BCUT2D eigenvalue weighted by atomic mass is 32.1. The second-order valence-corrected chi connectivity index (χ2v) is 5.42. The summed E-state index contributed by atoms with van der Waals surface area (Å²) in [5.74, 6) is -0.289. The van der Waals surface area contributed by atoms with Crippen LogP contribution < -0.4 is 10.9 Å². The summed E-state index contributed by atoms with van der Waals surface area (Å²) in [4.78, 5) is 32.7. The van der Waals surface area contributed by atoms with Gasteiger partial charge in [0, 0.05) is 16.6 Å². The van der Waals surface area contributed by atoms with Crippen LogP contribution in [0.3, 0.4) is 0 Å². The van der Waals surface area contributed by atoms with E-state index in [2.05, 4.69) is 15.3 Å². The standard InChI is InChI=1S/C12H14N4O2S/c1-7-4-13-6-16(11(7)18)5-10(17)15-12-14-8(2)9(3)19-12/h4,6H,5H2,1-3H3,(H,14,15,17). The Morgan fingerprint density at radius 2 is 2.16 bits per heavy atom. The maximum absolute atomic E-state index is 11.8. The molecule has 0 aliphatic heterocycles. The molecule has 0 saturated heterocycles. The molecule has 0 bridgehead atoms. The molecule has 0 aliphatic carbocycles. The van der Waals surface area contributed by atoms with Crippen LogP contribution in [-0.2, 0) is 11.3 Å². The molecule has 0 radical (unpaired) electrons.